The van der Waals surface area contributed by atoms with Crippen LogP contribution in [0.4, 0.5) is 0 Å². The van der Waals surface area contributed by atoms with Crippen LogP contribution in [0.15, 0.2) is 54.7 Å². The summed E-state index contributed by atoms with van der Waals surface area (Å²) in [4.78, 5) is 16.5. The van der Waals surface area contributed by atoms with Crippen LogP contribution in [0.2, 0.25) is 0 Å². The number of aliphatic hydroxyl groups excluding tert-OH is 1. The fourth-order valence-corrected chi connectivity index (χ4v) is 3.32. The first-order valence-corrected chi connectivity index (χ1v) is 9.58. The maximum Gasteiger partial charge on any atom is 0.338 e. The van der Waals surface area contributed by atoms with Gasteiger partial charge in [-0.1, -0.05) is 55.8 Å². The molecule has 0 radical (unpaired) electrons. The summed E-state index contributed by atoms with van der Waals surface area (Å²) in [5.41, 5.74) is 4.36. The van der Waals surface area contributed by atoms with Crippen LogP contribution in [0.5, 0.6) is 0 Å². The molecule has 0 spiro atoms. The van der Waals surface area contributed by atoms with E-state index in [0.717, 1.165) is 47.6 Å². The zero-order chi connectivity index (χ0) is 19.9. The van der Waals surface area contributed by atoms with Gasteiger partial charge in [-0.05, 0) is 29.2 Å². The first-order valence-electron chi connectivity index (χ1n) is 9.58. The number of imidazole rings is 1. The van der Waals surface area contributed by atoms with Crippen LogP contribution in [-0.2, 0) is 24.3 Å². The van der Waals surface area contributed by atoms with Crippen LogP contribution in [0.3, 0.4) is 0 Å². The number of aromatic nitrogens is 2. The summed E-state index contributed by atoms with van der Waals surface area (Å²) in [5.74, 6) is 0.620. The van der Waals surface area contributed by atoms with Gasteiger partial charge in [0.15, 0.2) is 0 Å². The summed E-state index contributed by atoms with van der Waals surface area (Å²) < 4.78 is 7.00. The minimum Gasteiger partial charge on any atom is -0.465 e. The molecule has 0 fully saturated rings. The number of aliphatic hydroxyl groups is 1. The second kappa shape index (κ2) is 9.33. The zero-order valence-electron chi connectivity index (χ0n) is 16.4. The number of carbonyl (C=O) groups is 1. The van der Waals surface area contributed by atoms with E-state index in [1.54, 1.807) is 12.3 Å². The highest BCUT2D eigenvalue weighted by Crippen LogP contribution is 2.25. The highest BCUT2D eigenvalue weighted by atomic mass is 16.5. The first-order chi connectivity index (χ1) is 13.7. The van der Waals surface area contributed by atoms with Gasteiger partial charge in [0.1, 0.15) is 5.82 Å². The van der Waals surface area contributed by atoms with Crippen molar-refractivity contribution in [1.82, 2.24) is 9.55 Å². The summed E-state index contributed by atoms with van der Waals surface area (Å²) in [7, 11) is 1.39. The van der Waals surface area contributed by atoms with E-state index < -0.39 is 0 Å². The SMILES string of the molecule is CCCCn1c(CO)cnc1Cc1ccc(-c2ccccc2C(=O)OC)cc1. The second-order valence-corrected chi connectivity index (χ2v) is 6.74. The minimum atomic E-state index is -0.339. The number of ether oxygens (including phenoxy) is 1. The van der Waals surface area contributed by atoms with Crippen molar-refractivity contribution in [2.75, 3.05) is 7.11 Å². The summed E-state index contributed by atoms with van der Waals surface area (Å²) in [5, 5.41) is 9.55. The lowest BCUT2D eigenvalue weighted by atomic mass is 9.98. The maximum absolute atomic E-state index is 12.0. The van der Waals surface area contributed by atoms with E-state index in [0.29, 0.717) is 12.0 Å². The summed E-state index contributed by atoms with van der Waals surface area (Å²) in [6.07, 6.45) is 4.60. The molecule has 3 aromatic rings. The normalized spacial score (nSPS) is 10.8. The lowest BCUT2D eigenvalue weighted by Crippen LogP contribution is -2.08. The van der Waals surface area contributed by atoms with Gasteiger partial charge >= 0.3 is 5.97 Å². The molecule has 5 heteroatoms. The molecule has 146 valence electrons. The predicted octanol–water partition coefficient (Wildman–Crippen LogP) is 4.22. The average molecular weight is 378 g/mol. The lowest BCUT2D eigenvalue weighted by molar-refractivity contribution is 0.0601. The van der Waals surface area contributed by atoms with Crippen LogP contribution in [0.1, 0.15) is 47.2 Å². The second-order valence-electron chi connectivity index (χ2n) is 6.74. The Labute approximate surface area is 165 Å². The van der Waals surface area contributed by atoms with Crippen molar-refractivity contribution < 1.29 is 14.6 Å². The third kappa shape index (κ3) is 4.31. The molecule has 1 heterocycles. The molecule has 0 saturated carbocycles. The molecule has 3 rings (SSSR count). The molecule has 1 N–H and O–H groups in total. The van der Waals surface area contributed by atoms with Gasteiger partial charge in [-0.15, -0.1) is 0 Å². The standard InChI is InChI=1S/C23H26N2O3/c1-3-4-13-25-19(16-26)15-24-22(25)14-17-9-11-18(12-10-17)20-7-5-6-8-21(20)23(27)28-2/h5-12,15,26H,3-4,13-14,16H2,1-2H3. The van der Waals surface area contributed by atoms with E-state index in [2.05, 4.69) is 28.6 Å². The number of methoxy groups -OCH3 is 1. The van der Waals surface area contributed by atoms with Gasteiger partial charge in [0, 0.05) is 13.0 Å². The van der Waals surface area contributed by atoms with E-state index in [-0.39, 0.29) is 12.6 Å². The largest absolute Gasteiger partial charge is 0.465 e. The number of nitrogens with zero attached hydrogens (tertiary/aromatic N) is 2. The van der Waals surface area contributed by atoms with Crippen molar-refractivity contribution in [2.24, 2.45) is 0 Å². The molecule has 0 unspecified atom stereocenters. The van der Waals surface area contributed by atoms with Crippen molar-refractivity contribution >= 4 is 5.97 Å². The molecular formula is C23H26N2O3. The van der Waals surface area contributed by atoms with E-state index in [1.807, 2.05) is 30.3 Å². The molecule has 0 aliphatic rings. The molecule has 5 nitrogen and oxygen atoms in total. The summed E-state index contributed by atoms with van der Waals surface area (Å²) in [6.45, 7) is 3.02. The van der Waals surface area contributed by atoms with Crippen molar-refractivity contribution in [3.63, 3.8) is 0 Å². The predicted molar refractivity (Wildman–Crippen MR) is 109 cm³/mol. The van der Waals surface area contributed by atoms with Gasteiger partial charge in [0.05, 0.1) is 31.2 Å². The molecule has 0 atom stereocenters. The van der Waals surface area contributed by atoms with E-state index in [4.69, 9.17) is 4.74 Å². The Bertz CT molecular complexity index is 929. The number of hydrogen-bond donors (Lipinski definition) is 1. The Kier molecular flexibility index (Phi) is 6.61. The Hall–Kier alpha value is -2.92. The smallest absolute Gasteiger partial charge is 0.338 e. The number of carbonyl (C=O) groups excluding carboxylic acids is 1. The molecule has 0 aliphatic carbocycles. The van der Waals surface area contributed by atoms with Crippen molar-refractivity contribution in [1.29, 1.82) is 0 Å². The highest BCUT2D eigenvalue weighted by molar-refractivity contribution is 5.97. The van der Waals surface area contributed by atoms with Crippen LogP contribution in [0.25, 0.3) is 11.1 Å². The molecule has 0 saturated heterocycles. The quantitative estimate of drug-likeness (QED) is 0.596. The molecule has 0 bridgehead atoms. The number of unbranched alkanes of at least 4 members (excludes halogenated alkanes) is 1. The highest BCUT2D eigenvalue weighted by Gasteiger charge is 2.13. The zero-order valence-corrected chi connectivity index (χ0v) is 16.4. The van der Waals surface area contributed by atoms with Crippen LogP contribution >= 0.6 is 0 Å². The van der Waals surface area contributed by atoms with Crippen LogP contribution < -0.4 is 0 Å². The van der Waals surface area contributed by atoms with Gasteiger partial charge in [-0.3, -0.25) is 0 Å². The molecule has 0 aliphatic heterocycles. The minimum absolute atomic E-state index is 0.0000354. The van der Waals surface area contributed by atoms with E-state index in [9.17, 15) is 9.90 Å². The number of benzene rings is 2. The van der Waals surface area contributed by atoms with Crippen LogP contribution in [0, 0.1) is 0 Å². The summed E-state index contributed by atoms with van der Waals surface area (Å²) in [6, 6.07) is 15.6. The molecule has 28 heavy (non-hydrogen) atoms. The first kappa shape index (κ1) is 19.8. The van der Waals surface area contributed by atoms with Crippen molar-refractivity contribution in [3.05, 3.63) is 77.4 Å². The van der Waals surface area contributed by atoms with E-state index >= 15 is 0 Å². The fourth-order valence-electron chi connectivity index (χ4n) is 3.32. The Morgan fingerprint density at radius 3 is 2.57 bits per heavy atom. The number of esters is 1. The Balaban J connectivity index is 1.83. The molecule has 1 aromatic heterocycles. The average Bonchev–Trinajstić information content (AvgIpc) is 3.13. The molecular weight excluding hydrogens is 352 g/mol. The van der Waals surface area contributed by atoms with Crippen LogP contribution in [-0.4, -0.2) is 27.7 Å². The Morgan fingerprint density at radius 1 is 1.14 bits per heavy atom. The summed E-state index contributed by atoms with van der Waals surface area (Å²) >= 11 is 0. The van der Waals surface area contributed by atoms with Crippen molar-refractivity contribution in [3.8, 4) is 11.1 Å². The van der Waals surface area contributed by atoms with Crippen molar-refractivity contribution in [2.45, 2.75) is 39.3 Å². The Morgan fingerprint density at radius 2 is 1.89 bits per heavy atom. The molecule has 0 amide bonds. The van der Waals surface area contributed by atoms with Gasteiger partial charge < -0.3 is 14.4 Å². The molecule has 2 aromatic carbocycles. The van der Waals surface area contributed by atoms with Gasteiger partial charge in [-0.25, -0.2) is 9.78 Å². The third-order valence-corrected chi connectivity index (χ3v) is 4.88. The maximum atomic E-state index is 12.0. The number of rotatable bonds is 8. The van der Waals surface area contributed by atoms with E-state index in [1.165, 1.54) is 7.11 Å². The van der Waals surface area contributed by atoms with Gasteiger partial charge in [-0.2, -0.15) is 0 Å². The van der Waals surface area contributed by atoms with Gasteiger partial charge in [0.25, 0.3) is 0 Å². The fraction of sp³-hybridized carbons (Fsp3) is 0.304. The lowest BCUT2D eigenvalue weighted by Gasteiger charge is -2.11. The third-order valence-electron chi connectivity index (χ3n) is 4.88. The number of hydrogen-bond acceptors (Lipinski definition) is 4. The van der Waals surface area contributed by atoms with Gasteiger partial charge in [0.2, 0.25) is 0 Å². The topological polar surface area (TPSA) is 64.3 Å². The monoisotopic (exact) mass is 378 g/mol.